The zero-order valence-corrected chi connectivity index (χ0v) is 10.8. The number of fused-ring (bicyclic) bond motifs is 1. The van der Waals surface area contributed by atoms with Crippen molar-refractivity contribution in [2.75, 3.05) is 11.9 Å². The van der Waals surface area contributed by atoms with Crippen LogP contribution in [0.4, 0.5) is 10.1 Å². The van der Waals surface area contributed by atoms with Gasteiger partial charge < -0.3 is 10.1 Å². The topological polar surface area (TPSA) is 21.3 Å². The number of anilines is 1. The lowest BCUT2D eigenvalue weighted by Gasteiger charge is -2.28. The zero-order valence-electron chi connectivity index (χ0n) is 10.8. The van der Waals surface area contributed by atoms with Crippen molar-refractivity contribution >= 4 is 5.69 Å². The third-order valence-corrected chi connectivity index (χ3v) is 3.44. The van der Waals surface area contributed by atoms with Gasteiger partial charge in [0.15, 0.2) is 0 Å². The highest BCUT2D eigenvalue weighted by molar-refractivity contribution is 5.60. The first-order valence-electron chi connectivity index (χ1n) is 6.54. The Bertz CT molecular complexity index is 597. The number of aryl methyl sites for hydroxylation is 1. The molecule has 3 heteroatoms. The molecule has 19 heavy (non-hydrogen) atoms. The minimum Gasteiger partial charge on any atom is -0.489 e. The van der Waals surface area contributed by atoms with Gasteiger partial charge in [-0.1, -0.05) is 25.1 Å². The molecule has 0 fully saturated rings. The predicted molar refractivity (Wildman–Crippen MR) is 74.1 cm³/mol. The third kappa shape index (κ3) is 2.41. The van der Waals surface area contributed by atoms with Crippen LogP contribution in [0.25, 0.3) is 0 Å². The molecule has 1 heterocycles. The Kier molecular flexibility index (Phi) is 3.11. The maximum Gasteiger partial charge on any atom is 0.142 e. The van der Waals surface area contributed by atoms with Crippen LogP contribution in [0.3, 0.4) is 0 Å². The summed E-state index contributed by atoms with van der Waals surface area (Å²) in [5, 5.41) is 3.42. The second-order valence-electron chi connectivity index (χ2n) is 4.75. The van der Waals surface area contributed by atoms with Crippen LogP contribution >= 0.6 is 0 Å². The number of hydrogen-bond donors (Lipinski definition) is 1. The summed E-state index contributed by atoms with van der Waals surface area (Å²) >= 11 is 0. The van der Waals surface area contributed by atoms with Crippen molar-refractivity contribution in [1.82, 2.24) is 0 Å². The smallest absolute Gasteiger partial charge is 0.142 e. The fourth-order valence-corrected chi connectivity index (χ4v) is 2.34. The van der Waals surface area contributed by atoms with E-state index in [0.717, 1.165) is 23.4 Å². The Morgan fingerprint density at radius 2 is 2.16 bits per heavy atom. The van der Waals surface area contributed by atoms with Gasteiger partial charge in [0.05, 0.1) is 11.7 Å². The van der Waals surface area contributed by atoms with Crippen LogP contribution in [-0.2, 0) is 6.42 Å². The molecule has 3 rings (SSSR count). The molecule has 1 aliphatic heterocycles. The molecular formula is C16H16FNO. The standard InChI is InChI=1S/C16H16FNO/c1-2-11-6-7-16-14(8-11)18-15(10-19-16)12-4-3-5-13(17)9-12/h3-9,15,18H,2,10H2,1H3. The quantitative estimate of drug-likeness (QED) is 0.880. The van der Waals surface area contributed by atoms with E-state index in [1.807, 2.05) is 12.1 Å². The van der Waals surface area contributed by atoms with E-state index < -0.39 is 0 Å². The van der Waals surface area contributed by atoms with Crippen molar-refractivity contribution in [3.8, 4) is 5.75 Å². The second kappa shape index (κ2) is 4.92. The summed E-state index contributed by atoms with van der Waals surface area (Å²) in [6, 6.07) is 12.8. The summed E-state index contributed by atoms with van der Waals surface area (Å²) < 4.78 is 19.0. The lowest BCUT2D eigenvalue weighted by Crippen LogP contribution is -2.24. The van der Waals surface area contributed by atoms with Crippen LogP contribution in [0.15, 0.2) is 42.5 Å². The average Bonchev–Trinajstić information content (AvgIpc) is 2.46. The van der Waals surface area contributed by atoms with E-state index in [-0.39, 0.29) is 11.9 Å². The average molecular weight is 257 g/mol. The van der Waals surface area contributed by atoms with Crippen molar-refractivity contribution in [3.05, 3.63) is 59.4 Å². The van der Waals surface area contributed by atoms with Crippen LogP contribution in [0.1, 0.15) is 24.1 Å². The van der Waals surface area contributed by atoms with Crippen molar-refractivity contribution < 1.29 is 9.13 Å². The Balaban J connectivity index is 1.88. The van der Waals surface area contributed by atoms with Gasteiger partial charge in [-0.25, -0.2) is 4.39 Å². The Morgan fingerprint density at radius 1 is 1.26 bits per heavy atom. The van der Waals surface area contributed by atoms with Gasteiger partial charge in [0.1, 0.15) is 18.2 Å². The molecule has 2 aromatic rings. The molecular weight excluding hydrogens is 241 g/mol. The van der Waals surface area contributed by atoms with Crippen LogP contribution in [0, 0.1) is 5.82 Å². The summed E-state index contributed by atoms with van der Waals surface area (Å²) in [5.74, 6) is 0.650. The normalized spacial score (nSPS) is 17.3. The lowest BCUT2D eigenvalue weighted by molar-refractivity contribution is 0.286. The predicted octanol–water partition coefficient (Wildman–Crippen LogP) is 3.93. The highest BCUT2D eigenvalue weighted by Gasteiger charge is 2.20. The monoisotopic (exact) mass is 257 g/mol. The van der Waals surface area contributed by atoms with Crippen LogP contribution in [0.5, 0.6) is 5.75 Å². The van der Waals surface area contributed by atoms with E-state index in [1.165, 1.54) is 11.6 Å². The molecule has 0 spiro atoms. The van der Waals surface area contributed by atoms with E-state index in [2.05, 4.69) is 24.4 Å². The number of nitrogens with one attached hydrogen (secondary N) is 1. The van der Waals surface area contributed by atoms with Crippen molar-refractivity contribution in [3.63, 3.8) is 0 Å². The van der Waals surface area contributed by atoms with Crippen LogP contribution in [0.2, 0.25) is 0 Å². The van der Waals surface area contributed by atoms with Gasteiger partial charge in [-0.15, -0.1) is 0 Å². The third-order valence-electron chi connectivity index (χ3n) is 3.44. The molecule has 1 N–H and O–H groups in total. The van der Waals surface area contributed by atoms with Crippen LogP contribution < -0.4 is 10.1 Å². The first kappa shape index (κ1) is 12.0. The summed E-state index contributed by atoms with van der Waals surface area (Å²) in [6.45, 7) is 2.64. The first-order chi connectivity index (χ1) is 9.26. The number of rotatable bonds is 2. The summed E-state index contributed by atoms with van der Waals surface area (Å²) in [7, 11) is 0. The van der Waals surface area contributed by atoms with Crippen molar-refractivity contribution in [2.24, 2.45) is 0 Å². The highest BCUT2D eigenvalue weighted by atomic mass is 19.1. The fraction of sp³-hybridized carbons (Fsp3) is 0.250. The minimum atomic E-state index is -0.215. The molecule has 1 unspecified atom stereocenters. The molecule has 0 amide bonds. The largest absolute Gasteiger partial charge is 0.489 e. The molecule has 0 saturated heterocycles. The highest BCUT2D eigenvalue weighted by Crippen LogP contribution is 2.34. The number of benzene rings is 2. The van der Waals surface area contributed by atoms with Crippen LogP contribution in [-0.4, -0.2) is 6.61 Å². The molecule has 2 aromatic carbocycles. The Morgan fingerprint density at radius 3 is 2.95 bits per heavy atom. The maximum absolute atomic E-state index is 13.3. The van der Waals surface area contributed by atoms with Gasteiger partial charge in [-0.2, -0.15) is 0 Å². The molecule has 0 aliphatic carbocycles. The summed E-state index contributed by atoms with van der Waals surface area (Å²) in [5.41, 5.74) is 3.15. The minimum absolute atomic E-state index is 0.00435. The molecule has 0 bridgehead atoms. The van der Waals surface area contributed by atoms with E-state index in [4.69, 9.17) is 4.74 Å². The van der Waals surface area contributed by atoms with Crippen molar-refractivity contribution in [1.29, 1.82) is 0 Å². The summed E-state index contributed by atoms with van der Waals surface area (Å²) in [4.78, 5) is 0. The number of halogens is 1. The fourth-order valence-electron chi connectivity index (χ4n) is 2.34. The number of ether oxygens (including phenoxy) is 1. The molecule has 0 radical (unpaired) electrons. The maximum atomic E-state index is 13.3. The Labute approximate surface area is 112 Å². The van der Waals surface area contributed by atoms with Gasteiger partial charge in [-0.3, -0.25) is 0 Å². The zero-order chi connectivity index (χ0) is 13.2. The first-order valence-corrected chi connectivity index (χ1v) is 6.54. The van der Waals surface area contributed by atoms with E-state index >= 15 is 0 Å². The lowest BCUT2D eigenvalue weighted by atomic mass is 10.0. The van der Waals surface area contributed by atoms with Gasteiger partial charge in [0, 0.05) is 0 Å². The van der Waals surface area contributed by atoms with Gasteiger partial charge >= 0.3 is 0 Å². The van der Waals surface area contributed by atoms with Gasteiger partial charge in [0.2, 0.25) is 0 Å². The van der Waals surface area contributed by atoms with E-state index in [9.17, 15) is 4.39 Å². The molecule has 98 valence electrons. The molecule has 0 aromatic heterocycles. The molecule has 0 saturated carbocycles. The van der Waals surface area contributed by atoms with Crippen molar-refractivity contribution in [2.45, 2.75) is 19.4 Å². The van der Waals surface area contributed by atoms with E-state index in [1.54, 1.807) is 12.1 Å². The SMILES string of the molecule is CCc1ccc2c(c1)NC(c1cccc(F)c1)CO2. The second-order valence-corrected chi connectivity index (χ2v) is 4.75. The number of hydrogen-bond acceptors (Lipinski definition) is 2. The van der Waals surface area contributed by atoms with E-state index in [0.29, 0.717) is 6.61 Å². The molecule has 1 aliphatic rings. The van der Waals surface area contributed by atoms with Gasteiger partial charge in [0.25, 0.3) is 0 Å². The van der Waals surface area contributed by atoms with Gasteiger partial charge in [-0.05, 0) is 41.8 Å². The summed E-state index contributed by atoms with van der Waals surface area (Å²) in [6.07, 6.45) is 0.986. The Hall–Kier alpha value is -2.03. The molecule has 1 atom stereocenters. The molecule has 2 nitrogen and oxygen atoms in total.